The molecule has 0 amide bonds. The van der Waals surface area contributed by atoms with Crippen molar-refractivity contribution in [2.24, 2.45) is 0 Å². The Hall–Kier alpha value is -9.32. The fraction of sp³-hybridized carbons (Fsp3) is 0.214. The summed E-state index contributed by atoms with van der Waals surface area (Å²) in [5, 5.41) is 6.36. The van der Waals surface area contributed by atoms with Crippen LogP contribution in [0.5, 0.6) is 0 Å². The number of hydrogen-bond donors (Lipinski definition) is 1. The van der Waals surface area contributed by atoms with Crippen LogP contribution in [0.4, 0.5) is 45.5 Å². The van der Waals surface area contributed by atoms with Crippen molar-refractivity contribution < 1.29 is 4.42 Å². The van der Waals surface area contributed by atoms with E-state index in [1.54, 1.807) is 0 Å². The summed E-state index contributed by atoms with van der Waals surface area (Å²) in [6, 6.07) is 85.9. The van der Waals surface area contributed by atoms with Gasteiger partial charge in [0.1, 0.15) is 11.2 Å². The number of aryl methyl sites for hydroxylation is 2. The first-order valence-corrected chi connectivity index (χ1v) is 32.1. The van der Waals surface area contributed by atoms with Crippen LogP contribution in [0.15, 0.2) is 235 Å². The number of furan rings is 1. The number of fused-ring (bicyclic) bond motifs is 7. The summed E-state index contributed by atoms with van der Waals surface area (Å²) in [5.41, 5.74) is 30.4. The molecule has 4 nitrogen and oxygen atoms in total. The zero-order valence-electron chi connectivity index (χ0n) is 53.1. The molecule has 3 aliphatic rings. The van der Waals surface area contributed by atoms with Crippen molar-refractivity contribution in [2.45, 2.75) is 117 Å². The summed E-state index contributed by atoms with van der Waals surface area (Å²) in [7, 11) is 2.49. The van der Waals surface area contributed by atoms with Gasteiger partial charge in [-0.05, 0) is 230 Å². The zero-order chi connectivity index (χ0) is 61.1. The Morgan fingerprint density at radius 1 is 0.393 bits per heavy atom. The highest BCUT2D eigenvalue weighted by molar-refractivity contribution is 6.73. The highest BCUT2D eigenvalue weighted by Gasteiger charge is 2.40. The van der Waals surface area contributed by atoms with Gasteiger partial charge < -0.3 is 19.5 Å². The normalized spacial score (nSPS) is 15.8. The van der Waals surface area contributed by atoms with E-state index in [4.69, 9.17) is 4.42 Å². The van der Waals surface area contributed by atoms with E-state index in [0.717, 1.165) is 126 Å². The second kappa shape index (κ2) is 21.2. The van der Waals surface area contributed by atoms with Gasteiger partial charge in [-0.25, -0.2) is 0 Å². The van der Waals surface area contributed by atoms with E-state index in [-0.39, 0.29) is 21.7 Å². The number of anilines is 8. The maximum Gasteiger partial charge on any atom is 0.197 e. The van der Waals surface area contributed by atoms with Crippen LogP contribution in [0.3, 0.4) is 0 Å². The fourth-order valence-electron chi connectivity index (χ4n) is 15.1. The van der Waals surface area contributed by atoms with Gasteiger partial charge in [0.05, 0.1) is 11.1 Å². The molecule has 89 heavy (non-hydrogen) atoms. The Kier molecular flexibility index (Phi) is 13.4. The van der Waals surface area contributed by atoms with E-state index in [9.17, 15) is 0 Å². The summed E-state index contributed by atoms with van der Waals surface area (Å²) >= 11 is 0. The van der Waals surface area contributed by atoms with Gasteiger partial charge in [0, 0.05) is 50.8 Å². The lowest BCUT2D eigenvalue weighted by molar-refractivity contribution is 0.332. The Morgan fingerprint density at radius 2 is 0.966 bits per heavy atom. The largest absolute Gasteiger partial charge is 0.456 e. The maximum atomic E-state index is 6.82. The third kappa shape index (κ3) is 9.76. The van der Waals surface area contributed by atoms with E-state index in [2.05, 4.69) is 322 Å². The molecule has 12 aromatic rings. The fourth-order valence-corrected chi connectivity index (χ4v) is 15.1. The zero-order valence-corrected chi connectivity index (χ0v) is 53.1. The van der Waals surface area contributed by atoms with E-state index in [1.807, 2.05) is 0 Å². The molecule has 1 aromatic heterocycles. The molecule has 0 saturated heterocycles. The molecule has 11 aromatic carbocycles. The average Bonchev–Trinajstić information content (AvgIpc) is 1.64. The summed E-state index contributed by atoms with van der Waals surface area (Å²) in [6.45, 7) is 24.0. The molecule has 2 heterocycles. The van der Waals surface area contributed by atoms with Gasteiger partial charge in [-0.2, -0.15) is 0 Å². The predicted molar refractivity (Wildman–Crippen MR) is 380 cm³/mol. The van der Waals surface area contributed by atoms with Gasteiger partial charge in [0.15, 0.2) is 7.28 Å². The van der Waals surface area contributed by atoms with Gasteiger partial charge in [-0.1, -0.05) is 200 Å². The summed E-state index contributed by atoms with van der Waals surface area (Å²) < 4.78 is 6.82. The molecule has 1 radical (unpaired) electrons. The molecule has 5 heteroatoms. The minimum absolute atomic E-state index is 0.0209. The highest BCUT2D eigenvalue weighted by Crippen LogP contribution is 2.53. The van der Waals surface area contributed by atoms with Crippen LogP contribution in [0.25, 0.3) is 66.4 Å². The molecule has 1 N–H and O–H groups in total. The third-order valence-corrected chi connectivity index (χ3v) is 20.5. The first kappa shape index (κ1) is 56.2. The van der Waals surface area contributed by atoms with E-state index in [1.165, 1.54) is 55.8 Å². The average molecular weight is 1160 g/mol. The second-order valence-electron chi connectivity index (χ2n) is 28.2. The summed E-state index contributed by atoms with van der Waals surface area (Å²) in [5.74, 6) is 0. The third-order valence-electron chi connectivity index (χ3n) is 20.5. The van der Waals surface area contributed by atoms with Crippen molar-refractivity contribution in [1.29, 1.82) is 0 Å². The standard InChI is InChI=1S/C84H77BN3O/c1-53-23-17-18-32-64(53)59-48-67(65-37-40-77-78(66-33-19-20-34-76(66)89-77)80(65)86-60-35-38-68-70(50-60)83(7,8)42-41-81(68,3)4)79-75(49-59)88(74-52-71-69(45-54(74)2)82(5,6)43-44-84(71,9)10)73-39-36-63(51-72(73)85-79)87(61-30-21-28-57(46-61)55-24-13-11-14-25-55)62-31-22-29-58(47-62)56-26-15-12-16-27-56/h11-40,45-52,86H,41-44H2,1-10H3. The van der Waals surface area contributed by atoms with Gasteiger partial charge >= 0.3 is 0 Å². The van der Waals surface area contributed by atoms with Crippen molar-refractivity contribution in [3.05, 3.63) is 264 Å². The molecule has 437 valence electrons. The van der Waals surface area contributed by atoms with E-state index in [0.29, 0.717) is 0 Å². The number of benzene rings is 11. The molecular formula is C84H77BN3O. The maximum absolute atomic E-state index is 6.82. The first-order valence-electron chi connectivity index (χ1n) is 32.1. The van der Waals surface area contributed by atoms with Gasteiger partial charge in [-0.15, -0.1) is 0 Å². The van der Waals surface area contributed by atoms with Crippen LogP contribution in [-0.4, -0.2) is 7.28 Å². The molecule has 0 fully saturated rings. The van der Waals surface area contributed by atoms with Crippen molar-refractivity contribution in [3.8, 4) is 44.5 Å². The molecule has 0 spiro atoms. The number of rotatable bonds is 10. The first-order chi connectivity index (χ1) is 42.9. The SMILES string of the molecule is Cc1ccccc1-c1cc(-c2ccc3oc4ccccc4c3c2Nc2ccc3c(c2)C(C)(C)CCC3(C)C)c2c(c1)N(c1cc3c(cc1C)C(C)(C)CCC3(C)C)c1ccc(N(c3cccc(-c4ccccc4)c3)c3cccc(-c4ccccc4)c3)cc1[B]2. The van der Waals surface area contributed by atoms with Crippen LogP contribution in [0, 0.1) is 13.8 Å². The van der Waals surface area contributed by atoms with Gasteiger partial charge in [-0.3, -0.25) is 0 Å². The lowest BCUT2D eigenvalue weighted by Gasteiger charge is -2.44. The van der Waals surface area contributed by atoms with E-state index < -0.39 is 0 Å². The Balaban J connectivity index is 1.01. The lowest BCUT2D eigenvalue weighted by Crippen LogP contribution is -2.42. The second-order valence-corrected chi connectivity index (χ2v) is 28.2. The number of nitrogens with zero attached hydrogens (tertiary/aromatic N) is 2. The van der Waals surface area contributed by atoms with Crippen LogP contribution in [-0.2, 0) is 21.7 Å². The number of hydrogen-bond acceptors (Lipinski definition) is 4. The quantitative estimate of drug-likeness (QED) is 0.138. The molecule has 1 aliphatic heterocycles. The van der Waals surface area contributed by atoms with Crippen LogP contribution in [0.2, 0.25) is 0 Å². The van der Waals surface area contributed by atoms with Gasteiger partial charge in [0.2, 0.25) is 0 Å². The van der Waals surface area contributed by atoms with Gasteiger partial charge in [0.25, 0.3) is 0 Å². The minimum Gasteiger partial charge on any atom is -0.456 e. The Morgan fingerprint density at radius 3 is 1.63 bits per heavy atom. The van der Waals surface area contributed by atoms with Crippen LogP contribution in [0.1, 0.15) is 114 Å². The molecule has 15 rings (SSSR count). The summed E-state index contributed by atoms with van der Waals surface area (Å²) in [4.78, 5) is 5.07. The molecule has 0 saturated carbocycles. The van der Waals surface area contributed by atoms with Crippen LogP contribution < -0.4 is 26.0 Å². The summed E-state index contributed by atoms with van der Waals surface area (Å²) in [6.07, 6.45) is 4.56. The molecule has 0 atom stereocenters. The van der Waals surface area contributed by atoms with Crippen molar-refractivity contribution in [3.63, 3.8) is 0 Å². The monoisotopic (exact) mass is 1150 g/mol. The van der Waals surface area contributed by atoms with E-state index >= 15 is 0 Å². The lowest BCUT2D eigenvalue weighted by atomic mass is 9.57. The van der Waals surface area contributed by atoms with Crippen molar-refractivity contribution in [2.75, 3.05) is 15.1 Å². The number of nitrogens with one attached hydrogen (secondary N) is 1. The van der Waals surface area contributed by atoms with Crippen molar-refractivity contribution >= 4 is 85.6 Å². The topological polar surface area (TPSA) is 31.7 Å². The predicted octanol–water partition coefficient (Wildman–Crippen LogP) is 22.2. The smallest absolute Gasteiger partial charge is 0.197 e. The van der Waals surface area contributed by atoms with Crippen LogP contribution >= 0.6 is 0 Å². The number of para-hydroxylation sites is 1. The Bertz CT molecular complexity index is 4690. The molecular weight excluding hydrogens is 1080 g/mol. The minimum atomic E-state index is -0.0209. The Labute approximate surface area is 527 Å². The molecule has 0 unspecified atom stereocenters. The highest BCUT2D eigenvalue weighted by atomic mass is 16.3. The molecule has 2 aliphatic carbocycles. The molecule has 0 bridgehead atoms. The van der Waals surface area contributed by atoms with Crippen molar-refractivity contribution in [1.82, 2.24) is 0 Å².